The molecule has 0 radical (unpaired) electrons. The maximum Gasteiger partial charge on any atom is 0.328 e. The average molecular weight is 395 g/mol. The summed E-state index contributed by atoms with van der Waals surface area (Å²) in [6.45, 7) is 0.502. The standard InChI is InChI=1S/C17H21N3O6S/c1-18-13-4-3-12(7-14(13)19(2)16(18)23)27(24,25)20-8-11-5-6-26-10-17(11,9-20)15(21)22/h3-4,7,11H,5-6,8-10H2,1-2H3,(H,21,22)/t11-,17+/m0/s1. The van der Waals surface area contributed by atoms with E-state index in [1.54, 1.807) is 20.2 Å². The van der Waals surface area contributed by atoms with Crippen molar-refractivity contribution < 1.29 is 23.1 Å². The molecule has 27 heavy (non-hydrogen) atoms. The third-order valence-electron chi connectivity index (χ3n) is 5.94. The Morgan fingerprint density at radius 3 is 2.63 bits per heavy atom. The van der Waals surface area contributed by atoms with Crippen LogP contribution in [0.5, 0.6) is 0 Å². The average Bonchev–Trinajstić information content (AvgIpc) is 3.16. The normalized spacial score (nSPS) is 26.4. The summed E-state index contributed by atoms with van der Waals surface area (Å²) in [6.07, 6.45) is 0.518. The minimum atomic E-state index is -3.89. The number of rotatable bonds is 3. The summed E-state index contributed by atoms with van der Waals surface area (Å²) >= 11 is 0. The number of fused-ring (bicyclic) bond motifs is 2. The molecule has 2 fully saturated rings. The van der Waals surface area contributed by atoms with Crippen molar-refractivity contribution in [2.24, 2.45) is 25.4 Å². The Kier molecular flexibility index (Phi) is 3.99. The first-order valence-corrected chi connectivity index (χ1v) is 10.1. The number of aliphatic carboxylic acids is 1. The Labute approximate surface area is 155 Å². The number of ether oxygens (including phenoxy) is 1. The molecule has 2 aromatic rings. The molecule has 0 saturated carbocycles. The van der Waals surface area contributed by atoms with Crippen LogP contribution in [0, 0.1) is 11.3 Å². The monoisotopic (exact) mass is 395 g/mol. The molecule has 1 N–H and O–H groups in total. The fourth-order valence-corrected chi connectivity index (χ4v) is 5.80. The van der Waals surface area contributed by atoms with Gasteiger partial charge in [0.15, 0.2) is 0 Å². The number of aryl methyl sites for hydroxylation is 2. The highest BCUT2D eigenvalue weighted by atomic mass is 32.2. The lowest BCUT2D eigenvalue weighted by Gasteiger charge is -2.34. The van der Waals surface area contributed by atoms with Crippen LogP contribution in [0.1, 0.15) is 6.42 Å². The number of benzene rings is 1. The Hall–Kier alpha value is -2.17. The molecule has 0 spiro atoms. The van der Waals surface area contributed by atoms with Gasteiger partial charge < -0.3 is 9.84 Å². The zero-order chi connectivity index (χ0) is 19.6. The number of sulfonamides is 1. The van der Waals surface area contributed by atoms with E-state index >= 15 is 0 Å². The number of carboxylic acid groups (broad SMARTS) is 1. The molecule has 2 saturated heterocycles. The zero-order valence-corrected chi connectivity index (χ0v) is 15.9. The third-order valence-corrected chi connectivity index (χ3v) is 7.75. The molecule has 3 heterocycles. The van der Waals surface area contributed by atoms with Crippen molar-refractivity contribution in [2.75, 3.05) is 26.3 Å². The van der Waals surface area contributed by atoms with E-state index in [9.17, 15) is 23.1 Å². The predicted octanol–water partition coefficient (Wildman–Crippen LogP) is -0.0112. The SMILES string of the molecule is Cn1c(=O)n(C)c2cc(S(=O)(=O)N3C[C@@H]4CCOC[C@]4(C(=O)O)C3)ccc21. The van der Waals surface area contributed by atoms with Gasteiger partial charge in [0.1, 0.15) is 5.41 Å². The molecule has 10 heteroatoms. The van der Waals surface area contributed by atoms with E-state index in [-0.39, 0.29) is 36.2 Å². The predicted molar refractivity (Wildman–Crippen MR) is 95.9 cm³/mol. The fourth-order valence-electron chi connectivity index (χ4n) is 4.22. The van der Waals surface area contributed by atoms with Crippen LogP contribution < -0.4 is 5.69 Å². The molecule has 4 rings (SSSR count). The van der Waals surface area contributed by atoms with E-state index in [1.165, 1.54) is 25.6 Å². The van der Waals surface area contributed by atoms with E-state index < -0.39 is 21.4 Å². The maximum atomic E-state index is 13.2. The highest BCUT2D eigenvalue weighted by Crippen LogP contribution is 2.43. The molecule has 146 valence electrons. The molecule has 0 amide bonds. The minimum Gasteiger partial charge on any atom is -0.481 e. The molecule has 0 unspecified atom stereocenters. The smallest absolute Gasteiger partial charge is 0.328 e. The van der Waals surface area contributed by atoms with E-state index in [2.05, 4.69) is 0 Å². The number of hydrogen-bond acceptors (Lipinski definition) is 5. The molecule has 2 atom stereocenters. The van der Waals surface area contributed by atoms with Crippen molar-refractivity contribution in [2.45, 2.75) is 11.3 Å². The molecular formula is C17H21N3O6S. The molecule has 9 nitrogen and oxygen atoms in total. The van der Waals surface area contributed by atoms with Gasteiger partial charge in [-0.2, -0.15) is 4.31 Å². The van der Waals surface area contributed by atoms with Gasteiger partial charge in [-0.25, -0.2) is 13.2 Å². The molecule has 2 aliphatic heterocycles. The van der Waals surface area contributed by atoms with Crippen LogP contribution in [0.25, 0.3) is 11.0 Å². The zero-order valence-electron chi connectivity index (χ0n) is 15.1. The Balaban J connectivity index is 1.76. The Morgan fingerprint density at radius 1 is 1.26 bits per heavy atom. The van der Waals surface area contributed by atoms with Crippen LogP contribution in [0.3, 0.4) is 0 Å². The maximum absolute atomic E-state index is 13.2. The topological polar surface area (TPSA) is 111 Å². The Morgan fingerprint density at radius 2 is 1.96 bits per heavy atom. The molecule has 1 aromatic carbocycles. The minimum absolute atomic E-state index is 0.0191. The highest BCUT2D eigenvalue weighted by Gasteiger charge is 2.56. The van der Waals surface area contributed by atoms with Crippen LogP contribution in [-0.2, 0) is 33.7 Å². The number of nitrogens with zero attached hydrogens (tertiary/aromatic N) is 3. The summed E-state index contributed by atoms with van der Waals surface area (Å²) in [7, 11) is -0.679. The Bertz CT molecular complexity index is 1100. The lowest BCUT2D eigenvalue weighted by Crippen LogP contribution is -2.46. The second kappa shape index (κ2) is 5.91. The number of hydrogen-bond donors (Lipinski definition) is 1. The highest BCUT2D eigenvalue weighted by molar-refractivity contribution is 7.89. The number of imidazole rings is 1. The second-order valence-electron chi connectivity index (χ2n) is 7.35. The quantitative estimate of drug-likeness (QED) is 0.783. The number of aromatic nitrogens is 2. The van der Waals surface area contributed by atoms with Crippen molar-refractivity contribution in [1.29, 1.82) is 0 Å². The van der Waals surface area contributed by atoms with Gasteiger partial charge >= 0.3 is 11.7 Å². The van der Waals surface area contributed by atoms with Crippen molar-refractivity contribution >= 4 is 27.0 Å². The van der Waals surface area contributed by atoms with Crippen LogP contribution in [0.15, 0.2) is 27.9 Å². The lowest BCUT2D eigenvalue weighted by atomic mass is 9.76. The van der Waals surface area contributed by atoms with Gasteiger partial charge in [0, 0.05) is 33.8 Å². The van der Waals surface area contributed by atoms with Gasteiger partial charge in [-0.05, 0) is 30.5 Å². The van der Waals surface area contributed by atoms with E-state index in [4.69, 9.17) is 4.74 Å². The first-order chi connectivity index (χ1) is 12.7. The molecular weight excluding hydrogens is 374 g/mol. The van der Waals surface area contributed by atoms with Gasteiger partial charge in [-0.3, -0.25) is 13.9 Å². The van der Waals surface area contributed by atoms with Gasteiger partial charge in [0.25, 0.3) is 0 Å². The largest absolute Gasteiger partial charge is 0.481 e. The number of carbonyl (C=O) groups is 1. The summed E-state index contributed by atoms with van der Waals surface area (Å²) in [5.41, 5.74) is -0.299. The molecule has 2 aliphatic rings. The molecule has 0 bridgehead atoms. The second-order valence-corrected chi connectivity index (χ2v) is 9.29. The van der Waals surface area contributed by atoms with E-state index in [1.807, 2.05) is 0 Å². The van der Waals surface area contributed by atoms with Crippen LogP contribution in [-0.4, -0.2) is 59.2 Å². The first-order valence-electron chi connectivity index (χ1n) is 8.65. The first kappa shape index (κ1) is 18.2. The summed E-state index contributed by atoms with van der Waals surface area (Å²) in [5, 5.41) is 9.72. The molecule has 0 aliphatic carbocycles. The lowest BCUT2D eigenvalue weighted by molar-refractivity contribution is -0.159. The summed E-state index contributed by atoms with van der Waals surface area (Å²) in [4.78, 5) is 24.0. The van der Waals surface area contributed by atoms with Gasteiger partial charge in [-0.15, -0.1) is 0 Å². The van der Waals surface area contributed by atoms with Gasteiger partial charge in [-0.1, -0.05) is 0 Å². The molecule has 1 aromatic heterocycles. The van der Waals surface area contributed by atoms with Crippen LogP contribution >= 0.6 is 0 Å². The van der Waals surface area contributed by atoms with Crippen LogP contribution in [0.4, 0.5) is 0 Å². The number of carboxylic acids is 1. The van der Waals surface area contributed by atoms with Crippen molar-refractivity contribution in [1.82, 2.24) is 13.4 Å². The van der Waals surface area contributed by atoms with Gasteiger partial charge in [0.05, 0.1) is 22.5 Å². The summed E-state index contributed by atoms with van der Waals surface area (Å²) in [6, 6.07) is 4.53. The third kappa shape index (κ3) is 2.47. The van der Waals surface area contributed by atoms with Crippen molar-refractivity contribution in [3.63, 3.8) is 0 Å². The van der Waals surface area contributed by atoms with Crippen molar-refractivity contribution in [3.05, 3.63) is 28.7 Å². The van der Waals surface area contributed by atoms with E-state index in [0.717, 1.165) is 0 Å². The van der Waals surface area contributed by atoms with E-state index in [0.29, 0.717) is 24.1 Å². The summed E-state index contributed by atoms with van der Waals surface area (Å²) in [5.74, 6) is -1.30. The summed E-state index contributed by atoms with van der Waals surface area (Å²) < 4.78 is 35.8. The van der Waals surface area contributed by atoms with Crippen molar-refractivity contribution in [3.8, 4) is 0 Å². The van der Waals surface area contributed by atoms with Crippen LogP contribution in [0.2, 0.25) is 0 Å². The van der Waals surface area contributed by atoms with Gasteiger partial charge in [0.2, 0.25) is 10.0 Å². The fraction of sp³-hybridized carbons (Fsp3) is 0.529.